The summed E-state index contributed by atoms with van der Waals surface area (Å²) in [7, 11) is 0. The van der Waals surface area contributed by atoms with E-state index in [9.17, 15) is 14.7 Å². The Kier molecular flexibility index (Phi) is 9.80. The molecule has 176 valence electrons. The van der Waals surface area contributed by atoms with Crippen molar-refractivity contribution in [2.75, 3.05) is 0 Å². The van der Waals surface area contributed by atoms with Gasteiger partial charge in [-0.3, -0.25) is 9.59 Å². The van der Waals surface area contributed by atoms with Crippen LogP contribution in [0, 0.1) is 29.6 Å². The van der Waals surface area contributed by atoms with Crippen molar-refractivity contribution in [3.63, 3.8) is 0 Å². The molecule has 3 rings (SSSR count). The zero-order valence-corrected chi connectivity index (χ0v) is 20.2. The summed E-state index contributed by atoms with van der Waals surface area (Å²) in [6, 6.07) is 0. The summed E-state index contributed by atoms with van der Waals surface area (Å²) in [5, 5.41) is 9.89. The van der Waals surface area contributed by atoms with Crippen LogP contribution in [0.4, 0.5) is 0 Å². The number of carbonyl (C=O) groups excluding carboxylic acids is 2. The van der Waals surface area contributed by atoms with Crippen molar-refractivity contribution in [2.45, 2.75) is 98.4 Å². The highest BCUT2D eigenvalue weighted by Gasteiger charge is 2.42. The molecule has 8 unspecified atom stereocenters. The van der Waals surface area contributed by atoms with E-state index in [2.05, 4.69) is 32.1 Å². The van der Waals surface area contributed by atoms with Crippen molar-refractivity contribution >= 4 is 11.9 Å². The van der Waals surface area contributed by atoms with Gasteiger partial charge in [-0.1, -0.05) is 59.8 Å². The number of allylic oxidation sites excluding steroid dienone is 3. The lowest BCUT2D eigenvalue weighted by molar-refractivity contribution is -0.162. The molecule has 5 nitrogen and oxygen atoms in total. The molecule has 1 N–H and O–H groups in total. The van der Waals surface area contributed by atoms with Gasteiger partial charge in [0.15, 0.2) is 0 Å². The van der Waals surface area contributed by atoms with E-state index in [0.717, 1.165) is 25.7 Å². The van der Waals surface area contributed by atoms with Gasteiger partial charge in [-0.05, 0) is 49.0 Å². The first-order valence-corrected chi connectivity index (χ1v) is 12.3. The Morgan fingerprint density at radius 1 is 1.26 bits per heavy atom. The molecule has 1 heterocycles. The van der Waals surface area contributed by atoms with Gasteiger partial charge in [0, 0.05) is 12.3 Å². The van der Waals surface area contributed by atoms with E-state index in [1.165, 1.54) is 5.57 Å². The van der Waals surface area contributed by atoms with Gasteiger partial charge < -0.3 is 14.6 Å². The number of rotatable bonds is 6. The van der Waals surface area contributed by atoms with Crippen molar-refractivity contribution in [3.8, 4) is 0 Å². The third-order valence-corrected chi connectivity index (χ3v) is 6.93. The van der Waals surface area contributed by atoms with Crippen molar-refractivity contribution in [3.05, 3.63) is 23.8 Å². The van der Waals surface area contributed by atoms with Gasteiger partial charge >= 0.3 is 11.9 Å². The first kappa shape index (κ1) is 25.6. The third kappa shape index (κ3) is 6.68. The predicted octanol–water partition coefficient (Wildman–Crippen LogP) is 5.22. The van der Waals surface area contributed by atoms with Gasteiger partial charge in [0.05, 0.1) is 18.4 Å². The van der Waals surface area contributed by atoms with Crippen LogP contribution in [0.5, 0.6) is 0 Å². The van der Waals surface area contributed by atoms with Gasteiger partial charge in [-0.15, -0.1) is 0 Å². The number of cyclic esters (lactones) is 1. The summed E-state index contributed by atoms with van der Waals surface area (Å²) in [5.74, 6) is 0.755. The van der Waals surface area contributed by atoms with Crippen LogP contribution in [0.1, 0.15) is 80.1 Å². The largest absolute Gasteiger partial charge is 0.462 e. The fourth-order valence-corrected chi connectivity index (χ4v) is 5.07. The summed E-state index contributed by atoms with van der Waals surface area (Å²) in [5.41, 5.74) is 1.27. The highest BCUT2D eigenvalue weighted by atomic mass is 16.5. The molecule has 0 bridgehead atoms. The van der Waals surface area contributed by atoms with E-state index in [1.54, 1.807) is 0 Å². The van der Waals surface area contributed by atoms with Crippen LogP contribution in [-0.2, 0) is 19.1 Å². The average Bonchev–Trinajstić information content (AvgIpc) is 2.73. The van der Waals surface area contributed by atoms with E-state index in [1.807, 2.05) is 27.7 Å². The van der Waals surface area contributed by atoms with E-state index in [0.29, 0.717) is 24.2 Å². The fraction of sp³-hybridized carbons (Fsp3) is 0.769. The molecule has 3 aliphatic rings. The molecule has 31 heavy (non-hydrogen) atoms. The SMILES string of the molecule is CC.CCC(C)C(=O)OC1CC(C)C=C2C=CC(C)C(CCC3CC(O)CC(=O)O3)C21. The molecule has 0 saturated carbocycles. The third-order valence-electron chi connectivity index (χ3n) is 6.93. The highest BCUT2D eigenvalue weighted by Crippen LogP contribution is 2.45. The summed E-state index contributed by atoms with van der Waals surface area (Å²) >= 11 is 0. The Morgan fingerprint density at radius 3 is 2.61 bits per heavy atom. The second kappa shape index (κ2) is 11.8. The lowest BCUT2D eigenvalue weighted by atomic mass is 9.65. The van der Waals surface area contributed by atoms with Gasteiger partial charge in [-0.2, -0.15) is 0 Å². The summed E-state index contributed by atoms with van der Waals surface area (Å²) in [6.45, 7) is 12.3. The minimum absolute atomic E-state index is 0.0854. The Labute approximate surface area is 188 Å². The molecule has 0 spiro atoms. The van der Waals surface area contributed by atoms with E-state index in [4.69, 9.17) is 9.47 Å². The van der Waals surface area contributed by atoms with Crippen LogP contribution in [-0.4, -0.2) is 35.4 Å². The number of aliphatic hydroxyl groups excluding tert-OH is 1. The molecule has 1 fully saturated rings. The maximum absolute atomic E-state index is 12.5. The molecule has 0 aromatic carbocycles. The molecule has 5 heteroatoms. The molecular weight excluding hydrogens is 392 g/mol. The minimum Gasteiger partial charge on any atom is -0.462 e. The molecule has 8 atom stereocenters. The number of ether oxygens (including phenoxy) is 2. The summed E-state index contributed by atoms with van der Waals surface area (Å²) in [4.78, 5) is 24.2. The Balaban J connectivity index is 0.00000166. The van der Waals surface area contributed by atoms with Gasteiger partial charge in [-0.25, -0.2) is 0 Å². The van der Waals surface area contributed by atoms with Crippen LogP contribution >= 0.6 is 0 Å². The first-order valence-electron chi connectivity index (χ1n) is 12.3. The fourth-order valence-electron chi connectivity index (χ4n) is 5.07. The summed E-state index contributed by atoms with van der Waals surface area (Å²) < 4.78 is 11.5. The number of hydrogen-bond acceptors (Lipinski definition) is 5. The van der Waals surface area contributed by atoms with E-state index < -0.39 is 6.10 Å². The minimum atomic E-state index is -0.597. The lowest BCUT2D eigenvalue weighted by Gasteiger charge is -2.43. The van der Waals surface area contributed by atoms with Crippen LogP contribution in [0.15, 0.2) is 23.8 Å². The highest BCUT2D eigenvalue weighted by molar-refractivity contribution is 5.72. The van der Waals surface area contributed by atoms with Gasteiger partial charge in [0.2, 0.25) is 0 Å². The molecular formula is C26H42O5. The molecule has 2 aliphatic carbocycles. The van der Waals surface area contributed by atoms with Gasteiger partial charge in [0.25, 0.3) is 0 Å². The Hall–Kier alpha value is -1.62. The molecule has 0 aromatic rings. The Morgan fingerprint density at radius 2 is 1.97 bits per heavy atom. The van der Waals surface area contributed by atoms with Crippen LogP contribution in [0.25, 0.3) is 0 Å². The van der Waals surface area contributed by atoms with E-state index in [-0.39, 0.29) is 42.4 Å². The second-order valence-electron chi connectivity index (χ2n) is 9.36. The number of carbonyl (C=O) groups is 2. The number of fused-ring (bicyclic) bond motifs is 1. The zero-order chi connectivity index (χ0) is 23.1. The van der Waals surface area contributed by atoms with Crippen LogP contribution in [0.2, 0.25) is 0 Å². The van der Waals surface area contributed by atoms with Crippen molar-refractivity contribution in [1.82, 2.24) is 0 Å². The standard InChI is InChI=1S/C24H36O5.C2H6/c1-5-15(3)24(27)29-21-11-14(2)10-17-7-6-16(4)20(23(17)21)9-8-19-12-18(25)13-22(26)28-19;1-2/h6-7,10,14-16,18-21,23,25H,5,8-9,11-13H2,1-4H3;1-2H3. The summed E-state index contributed by atoms with van der Waals surface area (Å²) in [6.07, 6.45) is 9.70. The average molecular weight is 435 g/mol. The second-order valence-corrected chi connectivity index (χ2v) is 9.36. The quantitative estimate of drug-likeness (QED) is 0.580. The molecule has 0 aromatic heterocycles. The molecule has 0 amide bonds. The molecule has 0 radical (unpaired) electrons. The Bertz CT molecular complexity index is 667. The monoisotopic (exact) mass is 434 g/mol. The zero-order valence-electron chi connectivity index (χ0n) is 20.2. The number of aliphatic hydroxyl groups is 1. The number of hydrogen-bond donors (Lipinski definition) is 1. The maximum atomic E-state index is 12.5. The molecule has 1 saturated heterocycles. The first-order chi connectivity index (χ1) is 14.8. The predicted molar refractivity (Wildman–Crippen MR) is 122 cm³/mol. The topological polar surface area (TPSA) is 72.8 Å². The van der Waals surface area contributed by atoms with Crippen LogP contribution in [0.3, 0.4) is 0 Å². The maximum Gasteiger partial charge on any atom is 0.308 e. The van der Waals surface area contributed by atoms with E-state index >= 15 is 0 Å². The van der Waals surface area contributed by atoms with Crippen LogP contribution < -0.4 is 0 Å². The smallest absolute Gasteiger partial charge is 0.308 e. The van der Waals surface area contributed by atoms with Crippen molar-refractivity contribution in [2.24, 2.45) is 29.6 Å². The number of esters is 2. The normalized spacial score (nSPS) is 35.6. The molecule has 1 aliphatic heterocycles. The van der Waals surface area contributed by atoms with Crippen molar-refractivity contribution in [1.29, 1.82) is 0 Å². The lowest BCUT2D eigenvalue weighted by Crippen LogP contribution is -2.42. The van der Waals surface area contributed by atoms with Crippen molar-refractivity contribution < 1.29 is 24.2 Å². The van der Waals surface area contributed by atoms with Gasteiger partial charge in [0.1, 0.15) is 12.2 Å².